The van der Waals surface area contributed by atoms with Gasteiger partial charge in [0.15, 0.2) is 0 Å². The van der Waals surface area contributed by atoms with Gasteiger partial charge in [-0.05, 0) is 62.5 Å². The monoisotopic (exact) mass is 255 g/mol. The molecule has 0 aromatic rings. The van der Waals surface area contributed by atoms with Gasteiger partial charge in [0.1, 0.15) is 0 Å². The van der Waals surface area contributed by atoms with Crippen molar-refractivity contribution >= 4 is 11.8 Å². The van der Waals surface area contributed by atoms with Gasteiger partial charge in [0.25, 0.3) is 0 Å². The van der Waals surface area contributed by atoms with Crippen LogP contribution >= 0.6 is 11.8 Å². The fourth-order valence-corrected chi connectivity index (χ4v) is 5.33. The van der Waals surface area contributed by atoms with Gasteiger partial charge >= 0.3 is 0 Å². The van der Waals surface area contributed by atoms with Crippen LogP contribution in [0.1, 0.15) is 44.9 Å². The third kappa shape index (κ3) is 2.66. The molecule has 2 nitrogen and oxygen atoms in total. The van der Waals surface area contributed by atoms with Gasteiger partial charge in [-0.2, -0.15) is 11.8 Å². The molecule has 2 N–H and O–H groups in total. The van der Waals surface area contributed by atoms with Crippen molar-refractivity contribution in [1.82, 2.24) is 0 Å². The second kappa shape index (κ2) is 5.10. The lowest BCUT2D eigenvalue weighted by Crippen LogP contribution is -2.43. The maximum Gasteiger partial charge on any atom is 0.0783 e. The first-order valence-corrected chi connectivity index (χ1v) is 8.40. The second-order valence-corrected chi connectivity index (χ2v) is 7.37. The van der Waals surface area contributed by atoms with E-state index in [4.69, 9.17) is 10.5 Å². The molecular weight excluding hydrogens is 230 g/mol. The third-order valence-corrected chi connectivity index (χ3v) is 6.30. The Kier molecular flexibility index (Phi) is 3.69. The molecule has 98 valence electrons. The van der Waals surface area contributed by atoms with E-state index in [2.05, 4.69) is 11.8 Å². The molecule has 1 aliphatic carbocycles. The van der Waals surface area contributed by atoms with Crippen molar-refractivity contribution in [3.63, 3.8) is 0 Å². The van der Waals surface area contributed by atoms with Crippen molar-refractivity contribution in [2.75, 3.05) is 18.1 Å². The number of hydrogen-bond acceptors (Lipinski definition) is 3. The lowest BCUT2D eigenvalue weighted by atomic mass is 9.72. The van der Waals surface area contributed by atoms with E-state index < -0.39 is 0 Å². The normalized spacial score (nSPS) is 47.5. The summed E-state index contributed by atoms with van der Waals surface area (Å²) in [6.45, 7) is 1.01. The fraction of sp³-hybridized carbons (Fsp3) is 1.00. The van der Waals surface area contributed by atoms with Crippen LogP contribution in [0.5, 0.6) is 0 Å². The van der Waals surface area contributed by atoms with E-state index in [9.17, 15) is 0 Å². The Morgan fingerprint density at radius 3 is 2.59 bits per heavy atom. The van der Waals surface area contributed by atoms with E-state index in [0.29, 0.717) is 6.04 Å². The van der Waals surface area contributed by atoms with Crippen LogP contribution in [0.25, 0.3) is 0 Å². The van der Waals surface area contributed by atoms with Gasteiger partial charge in [-0.25, -0.2) is 0 Å². The van der Waals surface area contributed by atoms with Gasteiger partial charge in [0.2, 0.25) is 0 Å². The Hall–Kier alpha value is 0.270. The molecule has 0 amide bonds. The van der Waals surface area contributed by atoms with Crippen LogP contribution < -0.4 is 5.73 Å². The molecule has 3 fully saturated rings. The maximum absolute atomic E-state index is 6.12. The first kappa shape index (κ1) is 12.3. The lowest BCUT2D eigenvalue weighted by molar-refractivity contribution is -0.0918. The molecule has 2 unspecified atom stereocenters. The van der Waals surface area contributed by atoms with Crippen LogP contribution in [-0.2, 0) is 4.74 Å². The zero-order valence-corrected chi connectivity index (χ0v) is 11.5. The summed E-state index contributed by atoms with van der Waals surface area (Å²) < 4.78 is 6.12. The highest BCUT2D eigenvalue weighted by atomic mass is 32.2. The Morgan fingerprint density at radius 2 is 1.88 bits per heavy atom. The molecule has 17 heavy (non-hydrogen) atoms. The molecule has 3 rings (SSSR count). The number of nitrogens with two attached hydrogens (primary N) is 1. The predicted octanol–water partition coefficient (Wildman–Crippen LogP) is 2.81. The fourth-order valence-electron chi connectivity index (χ4n) is 3.95. The number of rotatable bonds is 1. The third-order valence-electron chi connectivity index (χ3n) is 5.08. The van der Waals surface area contributed by atoms with Crippen LogP contribution in [0.3, 0.4) is 0 Å². The molecule has 2 atom stereocenters. The molecule has 0 aromatic carbocycles. The predicted molar refractivity (Wildman–Crippen MR) is 73.3 cm³/mol. The molecule has 3 aliphatic rings. The molecule has 2 aliphatic heterocycles. The Balaban J connectivity index is 1.60. The minimum Gasteiger partial charge on any atom is -0.374 e. The van der Waals surface area contributed by atoms with Crippen molar-refractivity contribution < 1.29 is 4.74 Å². The molecule has 3 heteroatoms. The van der Waals surface area contributed by atoms with E-state index in [-0.39, 0.29) is 5.60 Å². The molecule has 2 heterocycles. The number of ether oxygens (including phenoxy) is 1. The molecule has 1 spiro atoms. The summed E-state index contributed by atoms with van der Waals surface area (Å²) in [6.07, 6.45) is 9.17. The zero-order chi connectivity index (χ0) is 11.7. The second-order valence-electron chi connectivity index (χ2n) is 6.26. The molecule has 0 aromatic heterocycles. The molecular formula is C14H25NOS. The molecule has 2 saturated heterocycles. The summed E-state index contributed by atoms with van der Waals surface area (Å²) in [5.41, 5.74) is 6.29. The average Bonchev–Trinajstić information content (AvgIpc) is 2.78. The smallest absolute Gasteiger partial charge is 0.0783 e. The summed E-state index contributed by atoms with van der Waals surface area (Å²) in [4.78, 5) is 0. The first-order valence-electron chi connectivity index (χ1n) is 7.25. The van der Waals surface area contributed by atoms with Crippen molar-refractivity contribution in [2.45, 2.75) is 56.6 Å². The summed E-state index contributed by atoms with van der Waals surface area (Å²) in [5.74, 6) is 4.42. The van der Waals surface area contributed by atoms with Gasteiger partial charge in [-0.15, -0.1) is 0 Å². The maximum atomic E-state index is 6.12. The average molecular weight is 255 g/mol. The highest BCUT2D eigenvalue weighted by molar-refractivity contribution is 7.99. The van der Waals surface area contributed by atoms with Crippen molar-refractivity contribution in [2.24, 2.45) is 17.6 Å². The summed E-state index contributed by atoms with van der Waals surface area (Å²) in [6, 6.07) is 0.488. The van der Waals surface area contributed by atoms with E-state index in [1.807, 2.05) is 0 Å². The Labute approximate surface area is 109 Å². The van der Waals surface area contributed by atoms with Crippen LogP contribution in [0.2, 0.25) is 0 Å². The molecule has 0 bridgehead atoms. The van der Waals surface area contributed by atoms with Crippen LogP contribution in [0.15, 0.2) is 0 Å². The largest absolute Gasteiger partial charge is 0.374 e. The minimum absolute atomic E-state index is 0.271. The first-order chi connectivity index (χ1) is 8.27. The van der Waals surface area contributed by atoms with Crippen LogP contribution in [0, 0.1) is 11.8 Å². The summed E-state index contributed by atoms with van der Waals surface area (Å²) in [7, 11) is 0. The van der Waals surface area contributed by atoms with E-state index in [1.54, 1.807) is 0 Å². The topological polar surface area (TPSA) is 35.2 Å². The van der Waals surface area contributed by atoms with Gasteiger partial charge in [-0.1, -0.05) is 0 Å². The zero-order valence-electron chi connectivity index (χ0n) is 10.7. The number of hydrogen-bond donors (Lipinski definition) is 1. The van der Waals surface area contributed by atoms with Crippen molar-refractivity contribution in [3.8, 4) is 0 Å². The van der Waals surface area contributed by atoms with E-state index in [1.165, 1.54) is 56.5 Å². The summed E-state index contributed by atoms with van der Waals surface area (Å²) >= 11 is 2.08. The Morgan fingerprint density at radius 1 is 1.06 bits per heavy atom. The Bertz CT molecular complexity index is 257. The van der Waals surface area contributed by atoms with E-state index in [0.717, 1.165) is 18.4 Å². The summed E-state index contributed by atoms with van der Waals surface area (Å²) in [5, 5.41) is 0. The molecule has 1 saturated carbocycles. The van der Waals surface area contributed by atoms with E-state index >= 15 is 0 Å². The number of thioether (sulfide) groups is 1. The SMILES string of the molecule is NC1CCC(C2CCOC3(CCSC3)C2)CC1. The van der Waals surface area contributed by atoms with Gasteiger partial charge in [0, 0.05) is 18.4 Å². The minimum atomic E-state index is 0.271. The quantitative estimate of drug-likeness (QED) is 0.782. The van der Waals surface area contributed by atoms with Crippen molar-refractivity contribution in [3.05, 3.63) is 0 Å². The lowest BCUT2D eigenvalue weighted by Gasteiger charge is -2.42. The van der Waals surface area contributed by atoms with Crippen LogP contribution in [-0.4, -0.2) is 29.8 Å². The highest BCUT2D eigenvalue weighted by Crippen LogP contribution is 2.45. The van der Waals surface area contributed by atoms with Gasteiger partial charge in [0.05, 0.1) is 5.60 Å². The van der Waals surface area contributed by atoms with Gasteiger partial charge < -0.3 is 10.5 Å². The van der Waals surface area contributed by atoms with Gasteiger partial charge in [-0.3, -0.25) is 0 Å². The standard InChI is InChI=1S/C14H25NOS/c15-13-3-1-11(2-4-13)12-5-7-16-14(9-12)6-8-17-10-14/h11-13H,1-10,15H2. The van der Waals surface area contributed by atoms with Crippen molar-refractivity contribution in [1.29, 1.82) is 0 Å². The highest BCUT2D eigenvalue weighted by Gasteiger charge is 2.42. The van der Waals surface area contributed by atoms with Crippen LogP contribution in [0.4, 0.5) is 0 Å². The molecule has 0 radical (unpaired) electrons.